The molecular formula is C19H18N6O. The number of hydrogen-bond donors (Lipinski definition) is 2. The lowest BCUT2D eigenvalue weighted by atomic mass is 10.1. The third-order valence-electron chi connectivity index (χ3n) is 4.24. The fourth-order valence-corrected chi connectivity index (χ4v) is 2.94. The SMILES string of the molecule is Cn1cc(C(=O)NCCc2nc(-c3cccnc3)n[nH]2)c2ccccc21. The zero-order valence-electron chi connectivity index (χ0n) is 14.3. The number of aryl methyl sites for hydroxylation is 1. The van der Waals surface area contributed by atoms with Gasteiger partial charge in [0.05, 0.1) is 5.56 Å². The van der Waals surface area contributed by atoms with E-state index in [9.17, 15) is 4.79 Å². The molecule has 0 saturated carbocycles. The zero-order chi connectivity index (χ0) is 17.9. The van der Waals surface area contributed by atoms with Crippen molar-refractivity contribution in [1.29, 1.82) is 0 Å². The maximum absolute atomic E-state index is 12.5. The van der Waals surface area contributed by atoms with Gasteiger partial charge in [-0.1, -0.05) is 18.2 Å². The van der Waals surface area contributed by atoms with E-state index in [4.69, 9.17) is 0 Å². The number of hydrogen-bond acceptors (Lipinski definition) is 4. The summed E-state index contributed by atoms with van der Waals surface area (Å²) in [6.07, 6.45) is 5.86. The molecule has 0 saturated heterocycles. The van der Waals surface area contributed by atoms with Crippen molar-refractivity contribution in [2.24, 2.45) is 7.05 Å². The van der Waals surface area contributed by atoms with Gasteiger partial charge in [0.1, 0.15) is 5.82 Å². The highest BCUT2D eigenvalue weighted by Crippen LogP contribution is 2.20. The number of para-hydroxylation sites is 1. The predicted molar refractivity (Wildman–Crippen MR) is 98.6 cm³/mol. The predicted octanol–water partition coefficient (Wildman–Crippen LogP) is 2.33. The molecule has 4 rings (SSSR count). The Morgan fingerprint density at radius 3 is 2.96 bits per heavy atom. The molecule has 2 N–H and O–H groups in total. The Morgan fingerprint density at radius 2 is 2.12 bits per heavy atom. The van der Waals surface area contributed by atoms with E-state index in [1.54, 1.807) is 12.4 Å². The third-order valence-corrected chi connectivity index (χ3v) is 4.24. The number of aromatic nitrogens is 5. The third kappa shape index (κ3) is 3.06. The normalized spacial score (nSPS) is 11.0. The van der Waals surface area contributed by atoms with Crippen molar-refractivity contribution in [1.82, 2.24) is 30.0 Å². The van der Waals surface area contributed by atoms with E-state index in [-0.39, 0.29) is 5.91 Å². The van der Waals surface area contributed by atoms with Crippen LogP contribution in [0.2, 0.25) is 0 Å². The molecule has 130 valence electrons. The minimum Gasteiger partial charge on any atom is -0.352 e. The Hall–Kier alpha value is -3.48. The highest BCUT2D eigenvalue weighted by molar-refractivity contribution is 6.06. The van der Waals surface area contributed by atoms with Gasteiger partial charge < -0.3 is 9.88 Å². The van der Waals surface area contributed by atoms with Crippen molar-refractivity contribution >= 4 is 16.8 Å². The first-order chi connectivity index (χ1) is 12.7. The van der Waals surface area contributed by atoms with Gasteiger partial charge in [-0.15, -0.1) is 0 Å². The van der Waals surface area contributed by atoms with E-state index in [2.05, 4.69) is 25.5 Å². The number of carbonyl (C=O) groups is 1. The quantitative estimate of drug-likeness (QED) is 0.580. The van der Waals surface area contributed by atoms with Crippen LogP contribution in [-0.2, 0) is 13.5 Å². The Bertz CT molecular complexity index is 1050. The average Bonchev–Trinajstić information content (AvgIpc) is 3.28. The minimum atomic E-state index is -0.0891. The Morgan fingerprint density at radius 1 is 1.23 bits per heavy atom. The number of carbonyl (C=O) groups excluding carboxylic acids is 1. The Balaban J connectivity index is 1.40. The number of nitrogens with one attached hydrogen (secondary N) is 2. The minimum absolute atomic E-state index is 0.0891. The van der Waals surface area contributed by atoms with Crippen LogP contribution in [0.15, 0.2) is 55.0 Å². The summed E-state index contributed by atoms with van der Waals surface area (Å²) < 4.78 is 1.96. The molecule has 26 heavy (non-hydrogen) atoms. The monoisotopic (exact) mass is 346 g/mol. The number of fused-ring (bicyclic) bond motifs is 1. The van der Waals surface area contributed by atoms with Gasteiger partial charge in [0.25, 0.3) is 5.91 Å². The Labute approximate surface area is 150 Å². The van der Waals surface area contributed by atoms with Crippen LogP contribution >= 0.6 is 0 Å². The van der Waals surface area contributed by atoms with Crippen molar-refractivity contribution in [3.05, 3.63) is 66.4 Å². The molecule has 0 atom stereocenters. The molecule has 0 spiro atoms. The summed E-state index contributed by atoms with van der Waals surface area (Å²) >= 11 is 0. The van der Waals surface area contributed by atoms with E-state index in [0.717, 1.165) is 22.3 Å². The van der Waals surface area contributed by atoms with Gasteiger partial charge >= 0.3 is 0 Å². The smallest absolute Gasteiger partial charge is 0.253 e. The van der Waals surface area contributed by atoms with Gasteiger partial charge in [0.15, 0.2) is 5.82 Å². The summed E-state index contributed by atoms with van der Waals surface area (Å²) in [6.45, 7) is 0.476. The molecule has 1 amide bonds. The molecule has 1 aromatic carbocycles. The van der Waals surface area contributed by atoms with E-state index in [1.807, 2.05) is 54.2 Å². The number of nitrogens with zero attached hydrogens (tertiary/aromatic N) is 4. The average molecular weight is 346 g/mol. The van der Waals surface area contributed by atoms with E-state index >= 15 is 0 Å². The van der Waals surface area contributed by atoms with Gasteiger partial charge in [0.2, 0.25) is 0 Å². The number of amides is 1. The second kappa shape index (κ2) is 6.79. The lowest BCUT2D eigenvalue weighted by Crippen LogP contribution is -2.25. The molecule has 0 fully saturated rings. The van der Waals surface area contributed by atoms with Crippen LogP contribution < -0.4 is 5.32 Å². The van der Waals surface area contributed by atoms with Crippen molar-refractivity contribution in [2.45, 2.75) is 6.42 Å². The highest BCUT2D eigenvalue weighted by atomic mass is 16.1. The van der Waals surface area contributed by atoms with Gasteiger partial charge in [0, 0.05) is 55.1 Å². The number of pyridine rings is 1. The van der Waals surface area contributed by atoms with Gasteiger partial charge in [-0.05, 0) is 18.2 Å². The summed E-state index contributed by atoms with van der Waals surface area (Å²) in [7, 11) is 1.94. The van der Waals surface area contributed by atoms with Crippen molar-refractivity contribution in [3.63, 3.8) is 0 Å². The van der Waals surface area contributed by atoms with E-state index in [0.29, 0.717) is 24.4 Å². The van der Waals surface area contributed by atoms with Crippen molar-refractivity contribution in [3.8, 4) is 11.4 Å². The molecule has 0 radical (unpaired) electrons. The zero-order valence-corrected chi connectivity index (χ0v) is 14.3. The highest BCUT2D eigenvalue weighted by Gasteiger charge is 2.13. The molecule has 0 bridgehead atoms. The molecular weight excluding hydrogens is 328 g/mol. The summed E-state index contributed by atoms with van der Waals surface area (Å²) in [5.41, 5.74) is 2.57. The largest absolute Gasteiger partial charge is 0.352 e. The summed E-state index contributed by atoms with van der Waals surface area (Å²) in [5.74, 6) is 1.24. The standard InChI is InChI=1S/C19H18N6O/c1-25-12-15(14-6-2-3-7-16(14)25)19(26)21-10-8-17-22-18(24-23-17)13-5-4-9-20-11-13/h2-7,9,11-12H,8,10H2,1H3,(H,21,26)(H,22,23,24). The molecule has 0 aliphatic carbocycles. The van der Waals surface area contributed by atoms with E-state index in [1.165, 1.54) is 0 Å². The first kappa shape index (κ1) is 16.0. The Kier molecular flexibility index (Phi) is 4.18. The topological polar surface area (TPSA) is 88.5 Å². The maximum Gasteiger partial charge on any atom is 0.253 e. The molecule has 7 heteroatoms. The van der Waals surface area contributed by atoms with Crippen LogP contribution in [0.3, 0.4) is 0 Å². The van der Waals surface area contributed by atoms with Gasteiger partial charge in [-0.3, -0.25) is 14.9 Å². The summed E-state index contributed by atoms with van der Waals surface area (Å²) in [5, 5.41) is 11.0. The number of aromatic amines is 1. The van der Waals surface area contributed by atoms with Crippen LogP contribution in [-0.4, -0.2) is 37.2 Å². The molecule has 7 nitrogen and oxygen atoms in total. The van der Waals surface area contributed by atoms with Crippen LogP contribution in [0.1, 0.15) is 16.2 Å². The van der Waals surface area contributed by atoms with Crippen LogP contribution in [0, 0.1) is 0 Å². The van der Waals surface area contributed by atoms with Gasteiger partial charge in [-0.25, -0.2) is 4.98 Å². The summed E-state index contributed by atoms with van der Waals surface area (Å²) in [4.78, 5) is 21.0. The van der Waals surface area contributed by atoms with E-state index < -0.39 is 0 Å². The molecule has 0 aliphatic rings. The fraction of sp³-hybridized carbons (Fsp3) is 0.158. The molecule has 0 aliphatic heterocycles. The molecule has 3 aromatic heterocycles. The molecule has 4 aromatic rings. The second-order valence-electron chi connectivity index (χ2n) is 6.02. The van der Waals surface area contributed by atoms with Crippen molar-refractivity contribution in [2.75, 3.05) is 6.54 Å². The molecule has 3 heterocycles. The number of benzene rings is 1. The second-order valence-corrected chi connectivity index (χ2v) is 6.02. The lowest BCUT2D eigenvalue weighted by Gasteiger charge is -2.02. The lowest BCUT2D eigenvalue weighted by molar-refractivity contribution is 0.0955. The van der Waals surface area contributed by atoms with Gasteiger partial charge in [-0.2, -0.15) is 5.10 Å². The number of H-pyrrole nitrogens is 1. The fourth-order valence-electron chi connectivity index (χ4n) is 2.94. The molecule has 0 unspecified atom stereocenters. The number of rotatable bonds is 5. The van der Waals surface area contributed by atoms with Crippen LogP contribution in [0.5, 0.6) is 0 Å². The van der Waals surface area contributed by atoms with Crippen LogP contribution in [0.25, 0.3) is 22.3 Å². The summed E-state index contributed by atoms with van der Waals surface area (Å²) in [6, 6.07) is 11.6. The van der Waals surface area contributed by atoms with Crippen molar-refractivity contribution < 1.29 is 4.79 Å². The van der Waals surface area contributed by atoms with Crippen LogP contribution in [0.4, 0.5) is 0 Å². The maximum atomic E-state index is 12.5. The first-order valence-electron chi connectivity index (χ1n) is 8.36. The first-order valence-corrected chi connectivity index (χ1v) is 8.36.